The highest BCUT2D eigenvalue weighted by Gasteiger charge is 2.16. The fraction of sp³-hybridized carbons (Fsp3) is 0.571. The zero-order valence-electron chi connectivity index (χ0n) is 17.0. The number of nitro benzene ring substituents is 1. The first-order chi connectivity index (χ1) is 13.2. The number of unbranched alkanes of at least 4 members (excludes halogenated alkanes) is 8. The van der Waals surface area contributed by atoms with Crippen LogP contribution in [0.5, 0.6) is 5.75 Å². The standard InChI is InChI=1S/C21H32N3O3.HI/c1-3-4-5-6-7-8-9-10-11-14-22-15-16-23(18-22)20-13-12-19(24(25)26)17-21(20)27-2;/h12-13,15-18H,3-11,14H2,1-2H3;1H/q+1;/p-1. The average Bonchev–Trinajstić information content (AvgIpc) is 3.14. The van der Waals surface area contributed by atoms with E-state index in [-0.39, 0.29) is 29.7 Å². The number of benzene rings is 1. The highest BCUT2D eigenvalue weighted by molar-refractivity contribution is 5.53. The number of ether oxygens (including phenoxy) is 1. The number of methoxy groups -OCH3 is 1. The first kappa shape index (κ1) is 24.4. The second kappa shape index (κ2) is 13.5. The van der Waals surface area contributed by atoms with Crippen molar-refractivity contribution in [3.05, 3.63) is 47.0 Å². The maximum atomic E-state index is 10.9. The summed E-state index contributed by atoms with van der Waals surface area (Å²) in [5, 5.41) is 10.9. The summed E-state index contributed by atoms with van der Waals surface area (Å²) in [6.45, 7) is 3.24. The summed E-state index contributed by atoms with van der Waals surface area (Å²) < 4.78 is 9.42. The summed E-state index contributed by atoms with van der Waals surface area (Å²) in [5.74, 6) is 0.495. The zero-order valence-corrected chi connectivity index (χ0v) is 19.1. The highest BCUT2D eigenvalue weighted by atomic mass is 127. The molecule has 0 atom stereocenters. The van der Waals surface area contributed by atoms with Crippen LogP contribution in [-0.4, -0.2) is 16.6 Å². The fourth-order valence-electron chi connectivity index (χ4n) is 3.27. The first-order valence-electron chi connectivity index (χ1n) is 10.1. The van der Waals surface area contributed by atoms with Crippen LogP contribution in [0.3, 0.4) is 0 Å². The maximum Gasteiger partial charge on any atom is 0.273 e. The average molecular weight is 501 g/mol. The lowest BCUT2D eigenvalue weighted by Crippen LogP contribution is -3.00. The van der Waals surface area contributed by atoms with Gasteiger partial charge in [-0.05, 0) is 18.9 Å². The van der Waals surface area contributed by atoms with Gasteiger partial charge in [0.15, 0.2) is 11.4 Å². The predicted octanol–water partition coefficient (Wildman–Crippen LogP) is 2.22. The molecule has 0 aliphatic rings. The number of hydrogen-bond acceptors (Lipinski definition) is 3. The smallest absolute Gasteiger partial charge is 0.273 e. The van der Waals surface area contributed by atoms with Crippen LogP contribution in [0.2, 0.25) is 0 Å². The normalized spacial score (nSPS) is 10.5. The summed E-state index contributed by atoms with van der Waals surface area (Å²) in [6, 6.07) is 4.68. The minimum atomic E-state index is -0.411. The molecule has 2 aromatic rings. The Morgan fingerprint density at radius 3 is 2.32 bits per heavy atom. The van der Waals surface area contributed by atoms with Crippen molar-refractivity contribution in [2.24, 2.45) is 0 Å². The summed E-state index contributed by atoms with van der Waals surface area (Å²) in [6.07, 6.45) is 17.9. The monoisotopic (exact) mass is 501 g/mol. The van der Waals surface area contributed by atoms with Crippen LogP contribution in [0.4, 0.5) is 5.69 Å². The van der Waals surface area contributed by atoms with E-state index in [1.807, 2.05) is 23.3 Å². The Hall–Kier alpha value is -1.64. The molecule has 0 N–H and O–H groups in total. The van der Waals surface area contributed by atoms with Crippen molar-refractivity contribution >= 4 is 5.69 Å². The summed E-state index contributed by atoms with van der Waals surface area (Å²) in [4.78, 5) is 10.5. The summed E-state index contributed by atoms with van der Waals surface area (Å²) in [7, 11) is 1.53. The van der Waals surface area contributed by atoms with E-state index in [2.05, 4.69) is 11.5 Å². The van der Waals surface area contributed by atoms with Crippen LogP contribution in [-0.2, 0) is 6.54 Å². The van der Waals surface area contributed by atoms with Crippen molar-refractivity contribution in [2.45, 2.75) is 71.3 Å². The Morgan fingerprint density at radius 1 is 1.07 bits per heavy atom. The SMILES string of the molecule is CCCCCCCCCCC[n+]1ccn(-c2ccc([N+](=O)[O-])cc2OC)c1.[I-]. The number of halogens is 1. The molecule has 0 saturated heterocycles. The number of nitro groups is 1. The molecule has 6 nitrogen and oxygen atoms in total. The Morgan fingerprint density at radius 2 is 1.71 bits per heavy atom. The van der Waals surface area contributed by atoms with E-state index in [1.54, 1.807) is 6.07 Å². The molecule has 1 heterocycles. The van der Waals surface area contributed by atoms with Gasteiger partial charge in [-0.3, -0.25) is 10.1 Å². The molecular weight excluding hydrogens is 469 g/mol. The first-order valence-corrected chi connectivity index (χ1v) is 10.1. The molecule has 156 valence electrons. The van der Waals surface area contributed by atoms with Crippen molar-refractivity contribution in [1.82, 2.24) is 4.57 Å². The van der Waals surface area contributed by atoms with E-state index in [1.165, 1.54) is 77.0 Å². The molecular formula is C21H32IN3O3. The Bertz CT molecular complexity index is 719. The lowest BCUT2D eigenvalue weighted by atomic mass is 10.1. The van der Waals surface area contributed by atoms with Gasteiger partial charge in [-0.2, -0.15) is 4.57 Å². The maximum absolute atomic E-state index is 10.9. The van der Waals surface area contributed by atoms with E-state index in [4.69, 9.17) is 4.74 Å². The zero-order chi connectivity index (χ0) is 19.5. The molecule has 7 heteroatoms. The van der Waals surface area contributed by atoms with Crippen LogP contribution in [0, 0.1) is 10.1 Å². The number of hydrogen-bond donors (Lipinski definition) is 0. The third kappa shape index (κ3) is 7.77. The molecule has 0 radical (unpaired) electrons. The quantitative estimate of drug-likeness (QED) is 0.139. The lowest BCUT2D eigenvalue weighted by molar-refractivity contribution is -0.696. The Balaban J connectivity index is 0.00000392. The van der Waals surface area contributed by atoms with E-state index in [0.717, 1.165) is 12.2 Å². The predicted molar refractivity (Wildman–Crippen MR) is 106 cm³/mol. The molecule has 0 saturated carbocycles. The number of aromatic nitrogens is 2. The Kier molecular flexibility index (Phi) is 11.8. The molecule has 1 aromatic heterocycles. The van der Waals surface area contributed by atoms with Crippen LogP contribution >= 0.6 is 0 Å². The largest absolute Gasteiger partial charge is 1.00 e. The van der Waals surface area contributed by atoms with Crippen LogP contribution in [0.15, 0.2) is 36.9 Å². The Labute approximate surface area is 185 Å². The summed E-state index contributed by atoms with van der Waals surface area (Å²) >= 11 is 0. The van der Waals surface area contributed by atoms with Gasteiger partial charge in [-0.15, -0.1) is 0 Å². The molecule has 28 heavy (non-hydrogen) atoms. The van der Waals surface area contributed by atoms with Crippen LogP contribution in [0.25, 0.3) is 5.69 Å². The molecule has 0 aliphatic heterocycles. The molecule has 0 bridgehead atoms. The minimum Gasteiger partial charge on any atom is -1.00 e. The third-order valence-corrected chi connectivity index (χ3v) is 4.86. The van der Waals surface area contributed by atoms with Gasteiger partial charge in [0.1, 0.15) is 12.4 Å². The molecule has 1 aromatic carbocycles. The van der Waals surface area contributed by atoms with Gasteiger partial charge in [0, 0.05) is 6.07 Å². The van der Waals surface area contributed by atoms with Crippen molar-refractivity contribution in [3.8, 4) is 11.4 Å². The van der Waals surface area contributed by atoms with Gasteiger partial charge in [-0.25, -0.2) is 4.57 Å². The van der Waals surface area contributed by atoms with E-state index in [0.29, 0.717) is 5.75 Å². The van der Waals surface area contributed by atoms with E-state index >= 15 is 0 Å². The van der Waals surface area contributed by atoms with Gasteiger partial charge >= 0.3 is 0 Å². The fourth-order valence-corrected chi connectivity index (χ4v) is 3.27. The van der Waals surface area contributed by atoms with Gasteiger partial charge in [-0.1, -0.05) is 51.9 Å². The minimum absolute atomic E-state index is 0. The van der Waals surface area contributed by atoms with Gasteiger partial charge < -0.3 is 28.7 Å². The second-order valence-corrected chi connectivity index (χ2v) is 7.00. The van der Waals surface area contributed by atoms with Gasteiger partial charge in [0.25, 0.3) is 5.69 Å². The summed E-state index contributed by atoms with van der Waals surface area (Å²) in [5.41, 5.74) is 0.833. The highest BCUT2D eigenvalue weighted by Crippen LogP contribution is 2.27. The lowest BCUT2D eigenvalue weighted by Gasteiger charge is -2.04. The number of imidazole rings is 1. The van der Waals surface area contributed by atoms with Crippen molar-refractivity contribution < 1.29 is 38.2 Å². The van der Waals surface area contributed by atoms with E-state index in [9.17, 15) is 10.1 Å². The molecule has 0 aliphatic carbocycles. The van der Waals surface area contributed by atoms with Crippen LogP contribution in [0.1, 0.15) is 64.7 Å². The third-order valence-electron chi connectivity index (χ3n) is 4.86. The van der Waals surface area contributed by atoms with Crippen LogP contribution < -0.4 is 33.3 Å². The van der Waals surface area contributed by atoms with Gasteiger partial charge in [0.05, 0.1) is 24.6 Å². The number of non-ortho nitro benzene ring substituents is 1. The van der Waals surface area contributed by atoms with E-state index < -0.39 is 4.92 Å². The molecule has 0 spiro atoms. The number of aryl methyl sites for hydroxylation is 1. The molecule has 2 rings (SSSR count). The second-order valence-electron chi connectivity index (χ2n) is 7.00. The topological polar surface area (TPSA) is 61.2 Å². The van der Waals surface area contributed by atoms with Crippen molar-refractivity contribution in [3.63, 3.8) is 0 Å². The number of nitrogens with zero attached hydrogens (tertiary/aromatic N) is 3. The number of rotatable bonds is 13. The van der Waals surface area contributed by atoms with Gasteiger partial charge in [0.2, 0.25) is 6.33 Å². The molecule has 0 fully saturated rings. The molecule has 0 unspecified atom stereocenters. The molecule has 0 amide bonds. The van der Waals surface area contributed by atoms with Crippen molar-refractivity contribution in [1.29, 1.82) is 0 Å². The van der Waals surface area contributed by atoms with Crippen molar-refractivity contribution in [2.75, 3.05) is 7.11 Å².